The van der Waals surface area contributed by atoms with Crippen molar-refractivity contribution < 1.29 is 19.1 Å². The molecule has 0 unspecified atom stereocenters. The Hall–Kier alpha value is -3.34. The minimum Gasteiger partial charge on any atom is -0.496 e. The number of carbonyl (C=O) groups excluding carboxylic acids is 2. The topological polar surface area (TPSA) is 64.6 Å². The third-order valence-corrected chi connectivity index (χ3v) is 4.44. The van der Waals surface area contributed by atoms with Crippen LogP contribution in [0, 0.1) is 0 Å². The Morgan fingerprint density at radius 3 is 2.50 bits per heavy atom. The highest BCUT2D eigenvalue weighted by Crippen LogP contribution is 2.17. The molecule has 0 spiro atoms. The van der Waals surface area contributed by atoms with Crippen molar-refractivity contribution in [3.8, 4) is 5.75 Å². The first-order valence-corrected chi connectivity index (χ1v) is 9.17. The summed E-state index contributed by atoms with van der Waals surface area (Å²) >= 11 is 0. The first-order chi connectivity index (χ1) is 13.7. The van der Waals surface area contributed by atoms with Gasteiger partial charge < -0.3 is 14.8 Å². The normalized spacial score (nSPS) is 10.5. The van der Waals surface area contributed by atoms with E-state index in [2.05, 4.69) is 5.32 Å². The Morgan fingerprint density at radius 2 is 1.68 bits per heavy atom. The molecule has 1 amide bonds. The Labute approximate surface area is 164 Å². The summed E-state index contributed by atoms with van der Waals surface area (Å²) in [4.78, 5) is 23.9. The monoisotopic (exact) mass is 377 g/mol. The molecule has 0 saturated heterocycles. The van der Waals surface area contributed by atoms with E-state index in [4.69, 9.17) is 9.47 Å². The zero-order valence-corrected chi connectivity index (χ0v) is 15.8. The first kappa shape index (κ1) is 19.4. The Morgan fingerprint density at radius 1 is 0.929 bits per heavy atom. The second kappa shape index (κ2) is 9.55. The van der Waals surface area contributed by atoms with Crippen LogP contribution in [0.1, 0.15) is 11.1 Å². The van der Waals surface area contributed by atoms with Crippen LogP contribution in [0.2, 0.25) is 0 Å². The van der Waals surface area contributed by atoms with Gasteiger partial charge in [-0.1, -0.05) is 60.7 Å². The molecule has 0 atom stereocenters. The summed E-state index contributed by atoms with van der Waals surface area (Å²) in [6, 6.07) is 21.4. The number of fused-ring (bicyclic) bond motifs is 1. The molecule has 0 fully saturated rings. The zero-order chi connectivity index (χ0) is 19.8. The van der Waals surface area contributed by atoms with E-state index in [0.717, 1.165) is 27.6 Å². The summed E-state index contributed by atoms with van der Waals surface area (Å²) in [5.41, 5.74) is 1.87. The lowest BCUT2D eigenvalue weighted by Gasteiger charge is -2.09. The summed E-state index contributed by atoms with van der Waals surface area (Å²) < 4.78 is 10.4. The third kappa shape index (κ3) is 5.33. The van der Waals surface area contributed by atoms with Crippen molar-refractivity contribution in [1.82, 2.24) is 5.32 Å². The van der Waals surface area contributed by atoms with Crippen LogP contribution in [0.3, 0.4) is 0 Å². The van der Waals surface area contributed by atoms with Gasteiger partial charge in [0, 0.05) is 6.54 Å². The predicted octanol–water partition coefficient (Wildman–Crippen LogP) is 3.29. The van der Waals surface area contributed by atoms with E-state index in [9.17, 15) is 9.59 Å². The average molecular weight is 377 g/mol. The molecular weight excluding hydrogens is 354 g/mol. The molecule has 0 radical (unpaired) electrons. The summed E-state index contributed by atoms with van der Waals surface area (Å²) in [5, 5.41) is 4.94. The number of hydrogen-bond donors (Lipinski definition) is 1. The molecule has 1 N–H and O–H groups in total. The van der Waals surface area contributed by atoms with Crippen LogP contribution in [-0.2, 0) is 27.2 Å². The molecule has 3 rings (SSSR count). The smallest absolute Gasteiger partial charge is 0.310 e. The maximum absolute atomic E-state index is 12.0. The lowest BCUT2D eigenvalue weighted by Crippen LogP contribution is -2.30. The molecule has 5 heteroatoms. The standard InChI is InChI=1S/C23H23NO4/c1-27-21-9-5-4-7-19(21)12-13-24-22(25)16-28-23(26)15-17-10-11-18-6-2-3-8-20(18)14-17/h2-11,14H,12-13,15-16H2,1H3,(H,24,25). The second-order valence-corrected chi connectivity index (χ2v) is 6.43. The second-order valence-electron chi connectivity index (χ2n) is 6.43. The van der Waals surface area contributed by atoms with Gasteiger partial charge in [-0.05, 0) is 34.4 Å². The number of para-hydroxylation sites is 1. The molecule has 0 aromatic heterocycles. The van der Waals surface area contributed by atoms with Gasteiger partial charge in [0.2, 0.25) is 0 Å². The van der Waals surface area contributed by atoms with Crippen molar-refractivity contribution in [2.75, 3.05) is 20.3 Å². The van der Waals surface area contributed by atoms with Gasteiger partial charge in [0.25, 0.3) is 5.91 Å². The molecule has 5 nitrogen and oxygen atoms in total. The summed E-state index contributed by atoms with van der Waals surface area (Å²) in [6.07, 6.45) is 0.778. The van der Waals surface area contributed by atoms with Crippen molar-refractivity contribution in [3.63, 3.8) is 0 Å². The van der Waals surface area contributed by atoms with E-state index in [1.807, 2.05) is 66.7 Å². The molecule has 3 aromatic rings. The van der Waals surface area contributed by atoms with Crippen molar-refractivity contribution in [1.29, 1.82) is 0 Å². The van der Waals surface area contributed by atoms with E-state index in [0.29, 0.717) is 13.0 Å². The number of esters is 1. The number of amides is 1. The fourth-order valence-electron chi connectivity index (χ4n) is 3.01. The molecule has 28 heavy (non-hydrogen) atoms. The van der Waals surface area contributed by atoms with E-state index in [1.165, 1.54) is 0 Å². The van der Waals surface area contributed by atoms with Crippen LogP contribution in [0.4, 0.5) is 0 Å². The number of methoxy groups -OCH3 is 1. The molecule has 0 heterocycles. The zero-order valence-electron chi connectivity index (χ0n) is 15.8. The molecule has 0 bridgehead atoms. The first-order valence-electron chi connectivity index (χ1n) is 9.17. The fraction of sp³-hybridized carbons (Fsp3) is 0.217. The van der Waals surface area contributed by atoms with E-state index < -0.39 is 5.97 Å². The minimum atomic E-state index is -0.421. The highest BCUT2D eigenvalue weighted by Gasteiger charge is 2.09. The van der Waals surface area contributed by atoms with Gasteiger partial charge in [0.15, 0.2) is 6.61 Å². The van der Waals surface area contributed by atoms with Crippen LogP contribution in [-0.4, -0.2) is 32.1 Å². The van der Waals surface area contributed by atoms with Crippen molar-refractivity contribution in [3.05, 3.63) is 77.9 Å². The number of rotatable bonds is 8. The number of benzene rings is 3. The van der Waals surface area contributed by atoms with Gasteiger partial charge in [-0.2, -0.15) is 0 Å². The molecule has 0 saturated carbocycles. The molecule has 144 valence electrons. The van der Waals surface area contributed by atoms with Crippen molar-refractivity contribution in [2.45, 2.75) is 12.8 Å². The molecule has 0 aliphatic heterocycles. The van der Waals surface area contributed by atoms with Gasteiger partial charge in [0.1, 0.15) is 5.75 Å². The van der Waals surface area contributed by atoms with Gasteiger partial charge in [-0.15, -0.1) is 0 Å². The van der Waals surface area contributed by atoms with E-state index >= 15 is 0 Å². The van der Waals surface area contributed by atoms with Crippen LogP contribution < -0.4 is 10.1 Å². The van der Waals surface area contributed by atoms with Gasteiger partial charge >= 0.3 is 5.97 Å². The lowest BCUT2D eigenvalue weighted by atomic mass is 10.1. The maximum atomic E-state index is 12.0. The quantitative estimate of drug-likeness (QED) is 0.612. The van der Waals surface area contributed by atoms with Gasteiger partial charge in [-0.3, -0.25) is 9.59 Å². The third-order valence-electron chi connectivity index (χ3n) is 4.44. The van der Waals surface area contributed by atoms with Crippen molar-refractivity contribution in [2.24, 2.45) is 0 Å². The number of hydrogen-bond acceptors (Lipinski definition) is 4. The molecule has 0 aliphatic carbocycles. The largest absolute Gasteiger partial charge is 0.496 e. The van der Waals surface area contributed by atoms with Crippen LogP contribution in [0.5, 0.6) is 5.75 Å². The summed E-state index contributed by atoms with van der Waals surface area (Å²) in [7, 11) is 1.62. The predicted molar refractivity (Wildman–Crippen MR) is 108 cm³/mol. The fourth-order valence-corrected chi connectivity index (χ4v) is 3.01. The van der Waals surface area contributed by atoms with Crippen LogP contribution >= 0.6 is 0 Å². The molecule has 0 aliphatic rings. The van der Waals surface area contributed by atoms with E-state index in [1.54, 1.807) is 7.11 Å². The summed E-state index contributed by atoms with van der Waals surface area (Å²) in [5.74, 6) is 0.0514. The minimum absolute atomic E-state index is 0.138. The van der Waals surface area contributed by atoms with Gasteiger partial charge in [-0.25, -0.2) is 0 Å². The van der Waals surface area contributed by atoms with Gasteiger partial charge in [0.05, 0.1) is 13.5 Å². The van der Waals surface area contributed by atoms with E-state index in [-0.39, 0.29) is 18.9 Å². The molecule has 3 aromatic carbocycles. The Balaban J connectivity index is 1.41. The van der Waals surface area contributed by atoms with Crippen LogP contribution in [0.25, 0.3) is 10.8 Å². The highest BCUT2D eigenvalue weighted by atomic mass is 16.5. The number of nitrogens with one attached hydrogen (secondary N) is 1. The number of ether oxygens (including phenoxy) is 2. The lowest BCUT2D eigenvalue weighted by molar-refractivity contribution is -0.147. The Bertz CT molecular complexity index is 967. The average Bonchev–Trinajstić information content (AvgIpc) is 2.72. The highest BCUT2D eigenvalue weighted by molar-refractivity contribution is 5.85. The van der Waals surface area contributed by atoms with Crippen molar-refractivity contribution >= 4 is 22.6 Å². The number of carbonyl (C=O) groups is 2. The SMILES string of the molecule is COc1ccccc1CCNC(=O)COC(=O)Cc1ccc2ccccc2c1. The van der Waals surface area contributed by atoms with Crippen LogP contribution in [0.15, 0.2) is 66.7 Å². The maximum Gasteiger partial charge on any atom is 0.310 e. The Kier molecular flexibility index (Phi) is 6.63. The molecular formula is C23H23NO4. The summed E-state index contributed by atoms with van der Waals surface area (Å²) in [6.45, 7) is 0.166.